The average molecular weight is 178 g/mol. The molecule has 0 aromatic carbocycles. The van der Waals surface area contributed by atoms with Gasteiger partial charge in [0, 0.05) is 36.0 Å². The second-order valence-corrected chi connectivity index (χ2v) is 3.78. The molecule has 0 amide bonds. The summed E-state index contributed by atoms with van der Waals surface area (Å²) < 4.78 is 0. The molecule has 13 heavy (non-hydrogen) atoms. The van der Waals surface area contributed by atoms with E-state index in [-0.39, 0.29) is 10.8 Å². The van der Waals surface area contributed by atoms with Crippen LogP contribution in [-0.4, -0.2) is 11.5 Å². The third kappa shape index (κ3) is 1.29. The van der Waals surface area contributed by atoms with Crippen LogP contribution < -0.4 is 11.2 Å². The van der Waals surface area contributed by atoms with Gasteiger partial charge < -0.3 is 10.7 Å². The fourth-order valence-electron chi connectivity index (χ4n) is 1.94. The van der Waals surface area contributed by atoms with Crippen molar-refractivity contribution in [3.8, 4) is 0 Å². The second kappa shape index (κ2) is 3.00. The maximum absolute atomic E-state index is 11.1. The Morgan fingerprint density at radius 3 is 2.77 bits per heavy atom. The van der Waals surface area contributed by atoms with Crippen molar-refractivity contribution in [2.45, 2.75) is 24.7 Å². The van der Waals surface area contributed by atoms with Crippen LogP contribution in [0.1, 0.15) is 25.0 Å². The van der Waals surface area contributed by atoms with Crippen molar-refractivity contribution in [2.75, 3.05) is 6.54 Å². The molecular formula is C10H14N2O. The number of hydrogen-bond acceptors (Lipinski definition) is 2. The molecule has 70 valence electrons. The van der Waals surface area contributed by atoms with Crippen LogP contribution in [-0.2, 0) is 5.41 Å². The molecule has 0 spiro atoms. The van der Waals surface area contributed by atoms with Gasteiger partial charge in [0.25, 0.3) is 0 Å². The van der Waals surface area contributed by atoms with Crippen molar-refractivity contribution in [1.82, 2.24) is 4.98 Å². The Kier molecular flexibility index (Phi) is 1.96. The molecule has 3 N–H and O–H groups in total. The third-order valence-corrected chi connectivity index (χ3v) is 3.05. The standard InChI is InChI=1S/C10H14N2O/c11-7-10(3-1-4-10)9-6-8(13)2-5-12-9/h2,5-6H,1,3-4,7,11H2,(H,12,13). The molecule has 1 fully saturated rings. The maximum atomic E-state index is 11.1. The first-order valence-corrected chi connectivity index (χ1v) is 4.66. The minimum atomic E-state index is 0.0634. The number of aromatic nitrogens is 1. The summed E-state index contributed by atoms with van der Waals surface area (Å²) in [4.78, 5) is 14.3. The summed E-state index contributed by atoms with van der Waals surface area (Å²) in [5.41, 5.74) is 6.87. The third-order valence-electron chi connectivity index (χ3n) is 3.05. The van der Waals surface area contributed by atoms with E-state index in [4.69, 9.17) is 5.73 Å². The molecule has 2 rings (SSSR count). The monoisotopic (exact) mass is 178 g/mol. The predicted octanol–water partition coefficient (Wildman–Crippen LogP) is 0.755. The van der Waals surface area contributed by atoms with Gasteiger partial charge in [-0.05, 0) is 12.8 Å². The first-order chi connectivity index (χ1) is 6.27. The van der Waals surface area contributed by atoms with Gasteiger partial charge in [0.05, 0.1) is 0 Å². The van der Waals surface area contributed by atoms with Crippen LogP contribution in [0.5, 0.6) is 0 Å². The van der Waals surface area contributed by atoms with Crippen LogP contribution in [0.4, 0.5) is 0 Å². The van der Waals surface area contributed by atoms with E-state index in [0.717, 1.165) is 18.5 Å². The highest BCUT2D eigenvalue weighted by molar-refractivity contribution is 5.21. The second-order valence-electron chi connectivity index (χ2n) is 3.78. The van der Waals surface area contributed by atoms with Gasteiger partial charge in [-0.15, -0.1) is 0 Å². The van der Waals surface area contributed by atoms with Crippen LogP contribution in [0.15, 0.2) is 23.1 Å². The molecule has 1 heterocycles. The Hall–Kier alpha value is -1.09. The zero-order valence-corrected chi connectivity index (χ0v) is 7.55. The van der Waals surface area contributed by atoms with Gasteiger partial charge in [-0.3, -0.25) is 4.79 Å². The van der Waals surface area contributed by atoms with Gasteiger partial charge in [-0.25, -0.2) is 0 Å². The van der Waals surface area contributed by atoms with E-state index in [1.54, 1.807) is 12.3 Å². The van der Waals surface area contributed by atoms with Gasteiger partial charge in [0.1, 0.15) is 0 Å². The predicted molar refractivity (Wildman–Crippen MR) is 51.6 cm³/mol. The molecule has 0 atom stereocenters. The molecule has 1 saturated carbocycles. The Morgan fingerprint density at radius 1 is 1.54 bits per heavy atom. The molecule has 1 aromatic heterocycles. The van der Waals surface area contributed by atoms with Crippen LogP contribution in [0, 0.1) is 0 Å². The number of nitrogens with two attached hydrogens (primary N) is 1. The largest absolute Gasteiger partial charge is 0.364 e. The quantitative estimate of drug-likeness (QED) is 0.702. The highest BCUT2D eigenvalue weighted by Gasteiger charge is 2.37. The lowest BCUT2D eigenvalue weighted by Gasteiger charge is -2.40. The van der Waals surface area contributed by atoms with Crippen LogP contribution in [0.3, 0.4) is 0 Å². The minimum absolute atomic E-state index is 0.0634. The minimum Gasteiger partial charge on any atom is -0.364 e. The fourth-order valence-corrected chi connectivity index (χ4v) is 1.94. The summed E-state index contributed by atoms with van der Waals surface area (Å²) in [5, 5.41) is 0. The van der Waals surface area contributed by atoms with E-state index in [1.807, 2.05) is 0 Å². The molecule has 0 radical (unpaired) electrons. The number of H-pyrrole nitrogens is 1. The van der Waals surface area contributed by atoms with E-state index in [2.05, 4.69) is 4.98 Å². The average Bonchev–Trinajstić information content (AvgIpc) is 2.03. The molecule has 3 nitrogen and oxygen atoms in total. The van der Waals surface area contributed by atoms with Crippen molar-refractivity contribution in [2.24, 2.45) is 5.73 Å². The Labute approximate surface area is 77.0 Å². The molecule has 0 aliphatic heterocycles. The normalized spacial score (nSPS) is 19.5. The summed E-state index contributed by atoms with van der Waals surface area (Å²) >= 11 is 0. The lowest BCUT2D eigenvalue weighted by atomic mass is 9.66. The highest BCUT2D eigenvalue weighted by atomic mass is 16.1. The topological polar surface area (TPSA) is 58.9 Å². The van der Waals surface area contributed by atoms with E-state index in [0.29, 0.717) is 6.54 Å². The summed E-state index contributed by atoms with van der Waals surface area (Å²) in [6.45, 7) is 0.632. The number of rotatable bonds is 2. The molecule has 1 aliphatic carbocycles. The number of nitrogens with one attached hydrogen (secondary N) is 1. The van der Waals surface area contributed by atoms with Crippen LogP contribution in [0.2, 0.25) is 0 Å². The van der Waals surface area contributed by atoms with Crippen molar-refractivity contribution >= 4 is 0 Å². The van der Waals surface area contributed by atoms with E-state index >= 15 is 0 Å². The molecule has 0 unspecified atom stereocenters. The molecule has 0 bridgehead atoms. The summed E-state index contributed by atoms with van der Waals surface area (Å²) in [5.74, 6) is 0. The zero-order valence-electron chi connectivity index (χ0n) is 7.55. The van der Waals surface area contributed by atoms with Crippen molar-refractivity contribution in [3.05, 3.63) is 34.2 Å². The first-order valence-electron chi connectivity index (χ1n) is 4.66. The van der Waals surface area contributed by atoms with Crippen molar-refractivity contribution in [1.29, 1.82) is 0 Å². The smallest absolute Gasteiger partial charge is 0.181 e. The Balaban J connectivity index is 2.38. The maximum Gasteiger partial charge on any atom is 0.181 e. The zero-order chi connectivity index (χ0) is 9.31. The molecular weight excluding hydrogens is 164 g/mol. The van der Waals surface area contributed by atoms with Gasteiger partial charge >= 0.3 is 0 Å². The van der Waals surface area contributed by atoms with Crippen LogP contribution >= 0.6 is 0 Å². The lowest BCUT2D eigenvalue weighted by Crippen LogP contribution is -2.42. The van der Waals surface area contributed by atoms with Crippen molar-refractivity contribution in [3.63, 3.8) is 0 Å². The number of hydrogen-bond donors (Lipinski definition) is 2. The molecule has 1 aliphatic rings. The van der Waals surface area contributed by atoms with Gasteiger partial charge in [0.2, 0.25) is 0 Å². The summed E-state index contributed by atoms with van der Waals surface area (Å²) in [6.07, 6.45) is 5.12. The highest BCUT2D eigenvalue weighted by Crippen LogP contribution is 2.41. The summed E-state index contributed by atoms with van der Waals surface area (Å²) in [6, 6.07) is 3.21. The van der Waals surface area contributed by atoms with Gasteiger partial charge in [0.15, 0.2) is 5.43 Å². The van der Waals surface area contributed by atoms with Crippen molar-refractivity contribution < 1.29 is 0 Å². The summed E-state index contributed by atoms with van der Waals surface area (Å²) in [7, 11) is 0. The SMILES string of the molecule is NCC1(c2cc(=O)cc[nH]2)CCC1. The van der Waals surface area contributed by atoms with E-state index in [1.165, 1.54) is 12.5 Å². The van der Waals surface area contributed by atoms with Gasteiger partial charge in [-0.1, -0.05) is 6.42 Å². The van der Waals surface area contributed by atoms with E-state index < -0.39 is 0 Å². The molecule has 3 heteroatoms. The number of aromatic amines is 1. The molecule has 1 aromatic rings. The van der Waals surface area contributed by atoms with Gasteiger partial charge in [-0.2, -0.15) is 0 Å². The van der Waals surface area contributed by atoms with Crippen LogP contribution in [0.25, 0.3) is 0 Å². The molecule has 0 saturated heterocycles. The number of pyridine rings is 1. The Bertz CT molecular complexity index is 346. The Morgan fingerprint density at radius 2 is 2.31 bits per heavy atom. The lowest BCUT2D eigenvalue weighted by molar-refractivity contribution is 0.245. The fraction of sp³-hybridized carbons (Fsp3) is 0.500. The van der Waals surface area contributed by atoms with E-state index in [9.17, 15) is 4.79 Å². The first kappa shape index (κ1) is 8.51.